The molecule has 0 bridgehead atoms. The van der Waals surface area contributed by atoms with Crippen LogP contribution >= 0.6 is 0 Å². The third-order valence-corrected chi connectivity index (χ3v) is 3.25. The molecule has 0 radical (unpaired) electrons. The Labute approximate surface area is 88.3 Å². The van der Waals surface area contributed by atoms with Crippen LogP contribution in [0.3, 0.4) is 0 Å². The summed E-state index contributed by atoms with van der Waals surface area (Å²) in [5, 5.41) is 1.26. The molecule has 1 heterocycles. The van der Waals surface area contributed by atoms with E-state index in [0.29, 0.717) is 6.42 Å². The first-order chi connectivity index (χ1) is 7.27. The molecule has 1 aromatic heterocycles. The fraction of sp³-hybridized carbons (Fsp3) is 0.308. The number of H-pyrrole nitrogens is 1. The number of nitrogens with one attached hydrogen (secondary N) is 1. The first-order valence-corrected chi connectivity index (χ1v) is 5.41. The zero-order chi connectivity index (χ0) is 10.4. The highest BCUT2D eigenvalue weighted by molar-refractivity contribution is 6.04. The van der Waals surface area contributed by atoms with Crippen molar-refractivity contribution in [2.75, 3.05) is 0 Å². The van der Waals surface area contributed by atoms with Crippen LogP contribution in [0.2, 0.25) is 0 Å². The summed E-state index contributed by atoms with van der Waals surface area (Å²) in [5.41, 5.74) is 4.46. The van der Waals surface area contributed by atoms with E-state index >= 15 is 0 Å². The van der Waals surface area contributed by atoms with Crippen LogP contribution in [0.1, 0.15) is 34.5 Å². The summed E-state index contributed by atoms with van der Waals surface area (Å²) < 4.78 is 0. The zero-order valence-electron chi connectivity index (χ0n) is 8.76. The second-order valence-corrected chi connectivity index (χ2v) is 4.25. The van der Waals surface area contributed by atoms with Gasteiger partial charge in [0.15, 0.2) is 5.78 Å². The molecule has 0 unspecified atom stereocenters. The SMILES string of the molecule is Cc1cccc2[nH]c3c(c12)CCCC3=O. The first-order valence-electron chi connectivity index (χ1n) is 5.41. The number of aryl methyl sites for hydroxylation is 2. The molecule has 0 amide bonds. The minimum atomic E-state index is 0.270. The van der Waals surface area contributed by atoms with Crippen LogP contribution < -0.4 is 0 Å². The minimum Gasteiger partial charge on any atom is -0.352 e. The third-order valence-electron chi connectivity index (χ3n) is 3.25. The maximum Gasteiger partial charge on any atom is 0.179 e. The summed E-state index contributed by atoms with van der Waals surface area (Å²) >= 11 is 0. The number of carbonyl (C=O) groups excluding carboxylic acids is 1. The minimum absolute atomic E-state index is 0.270. The van der Waals surface area contributed by atoms with Crippen molar-refractivity contribution in [1.82, 2.24) is 4.98 Å². The molecule has 0 spiro atoms. The van der Waals surface area contributed by atoms with Crippen molar-refractivity contribution in [2.45, 2.75) is 26.2 Å². The predicted molar refractivity (Wildman–Crippen MR) is 60.3 cm³/mol. The van der Waals surface area contributed by atoms with E-state index in [4.69, 9.17) is 0 Å². The second kappa shape index (κ2) is 2.96. The van der Waals surface area contributed by atoms with E-state index in [1.54, 1.807) is 0 Å². The largest absolute Gasteiger partial charge is 0.352 e. The average Bonchev–Trinajstić information content (AvgIpc) is 2.59. The molecule has 2 heteroatoms. The fourth-order valence-electron chi connectivity index (χ4n) is 2.55. The highest BCUT2D eigenvalue weighted by Gasteiger charge is 2.22. The summed E-state index contributed by atoms with van der Waals surface area (Å²) in [7, 11) is 0. The second-order valence-electron chi connectivity index (χ2n) is 4.25. The van der Waals surface area contributed by atoms with E-state index in [1.165, 1.54) is 16.5 Å². The summed E-state index contributed by atoms with van der Waals surface area (Å²) in [6.07, 6.45) is 2.72. The number of benzene rings is 1. The normalized spacial score (nSPS) is 15.7. The van der Waals surface area contributed by atoms with Gasteiger partial charge in [0.1, 0.15) is 0 Å². The lowest BCUT2D eigenvalue weighted by Crippen LogP contribution is -2.09. The van der Waals surface area contributed by atoms with Gasteiger partial charge in [-0.25, -0.2) is 0 Å². The Morgan fingerprint density at radius 3 is 3.00 bits per heavy atom. The number of ketones is 1. The molecule has 1 aliphatic carbocycles. The molecule has 1 N–H and O–H groups in total. The Balaban J connectivity index is 2.41. The standard InChI is InChI=1S/C13H13NO/c1-8-4-2-6-10-12(8)9-5-3-7-11(15)13(9)14-10/h2,4,6,14H,3,5,7H2,1H3. The smallest absolute Gasteiger partial charge is 0.179 e. The number of aromatic nitrogens is 1. The number of aromatic amines is 1. The highest BCUT2D eigenvalue weighted by atomic mass is 16.1. The molecule has 0 saturated carbocycles. The predicted octanol–water partition coefficient (Wildman–Crippen LogP) is 3.00. The van der Waals surface area contributed by atoms with Gasteiger partial charge in [0.05, 0.1) is 5.69 Å². The number of Topliss-reactive ketones (excluding diaryl/α,β-unsaturated/α-hetero) is 1. The molecule has 1 aliphatic rings. The van der Waals surface area contributed by atoms with Crippen molar-refractivity contribution in [3.05, 3.63) is 35.0 Å². The van der Waals surface area contributed by atoms with Gasteiger partial charge >= 0.3 is 0 Å². The maximum absolute atomic E-state index is 11.7. The maximum atomic E-state index is 11.7. The number of rotatable bonds is 0. The third kappa shape index (κ3) is 1.14. The van der Waals surface area contributed by atoms with E-state index in [1.807, 2.05) is 12.1 Å². The van der Waals surface area contributed by atoms with Crippen molar-refractivity contribution in [3.63, 3.8) is 0 Å². The Morgan fingerprint density at radius 1 is 1.27 bits per heavy atom. The van der Waals surface area contributed by atoms with E-state index in [-0.39, 0.29) is 5.78 Å². The van der Waals surface area contributed by atoms with Crippen molar-refractivity contribution in [3.8, 4) is 0 Å². The Morgan fingerprint density at radius 2 is 2.13 bits per heavy atom. The van der Waals surface area contributed by atoms with Gasteiger partial charge in [-0.3, -0.25) is 4.79 Å². The summed E-state index contributed by atoms with van der Waals surface area (Å²) in [4.78, 5) is 15.0. The average molecular weight is 199 g/mol. The van der Waals surface area contributed by atoms with Gasteiger partial charge < -0.3 is 4.98 Å². The van der Waals surface area contributed by atoms with Crippen molar-refractivity contribution < 1.29 is 4.79 Å². The van der Waals surface area contributed by atoms with Crippen LogP contribution in [-0.4, -0.2) is 10.8 Å². The monoisotopic (exact) mass is 199 g/mol. The Kier molecular flexibility index (Phi) is 1.72. The lowest BCUT2D eigenvalue weighted by Gasteiger charge is -2.10. The van der Waals surface area contributed by atoms with Crippen molar-refractivity contribution in [2.24, 2.45) is 0 Å². The van der Waals surface area contributed by atoms with Gasteiger partial charge in [0, 0.05) is 17.3 Å². The molecule has 1 aromatic carbocycles. The van der Waals surface area contributed by atoms with Gasteiger partial charge in [-0.1, -0.05) is 12.1 Å². The zero-order valence-corrected chi connectivity index (χ0v) is 8.76. The summed E-state index contributed by atoms with van der Waals surface area (Å²) in [6.45, 7) is 2.11. The molecule has 2 nitrogen and oxygen atoms in total. The number of carbonyl (C=O) groups is 1. The van der Waals surface area contributed by atoms with E-state index in [9.17, 15) is 4.79 Å². The number of hydrogen-bond donors (Lipinski definition) is 1. The van der Waals surface area contributed by atoms with E-state index < -0.39 is 0 Å². The molecule has 0 saturated heterocycles. The lowest BCUT2D eigenvalue weighted by atomic mass is 9.93. The molecule has 0 aliphatic heterocycles. The van der Waals surface area contributed by atoms with Crippen LogP contribution in [0.25, 0.3) is 10.9 Å². The first kappa shape index (κ1) is 8.72. The Bertz CT molecular complexity index is 551. The molecule has 15 heavy (non-hydrogen) atoms. The number of hydrogen-bond acceptors (Lipinski definition) is 1. The molecule has 2 aromatic rings. The lowest BCUT2D eigenvalue weighted by molar-refractivity contribution is 0.0968. The van der Waals surface area contributed by atoms with Crippen LogP contribution in [0, 0.1) is 6.92 Å². The molecular weight excluding hydrogens is 186 g/mol. The molecular formula is C13H13NO. The van der Waals surface area contributed by atoms with Crippen molar-refractivity contribution >= 4 is 16.7 Å². The van der Waals surface area contributed by atoms with Gasteiger partial charge in [-0.15, -0.1) is 0 Å². The number of fused-ring (bicyclic) bond motifs is 3. The van der Waals surface area contributed by atoms with E-state index in [2.05, 4.69) is 18.0 Å². The van der Waals surface area contributed by atoms with E-state index in [0.717, 1.165) is 24.1 Å². The Hall–Kier alpha value is -1.57. The van der Waals surface area contributed by atoms with Gasteiger partial charge in [-0.2, -0.15) is 0 Å². The topological polar surface area (TPSA) is 32.9 Å². The van der Waals surface area contributed by atoms with Crippen LogP contribution in [0.5, 0.6) is 0 Å². The molecule has 0 fully saturated rings. The van der Waals surface area contributed by atoms with Gasteiger partial charge in [0.2, 0.25) is 0 Å². The highest BCUT2D eigenvalue weighted by Crippen LogP contribution is 2.30. The van der Waals surface area contributed by atoms with Gasteiger partial charge in [0.25, 0.3) is 0 Å². The van der Waals surface area contributed by atoms with Crippen molar-refractivity contribution in [1.29, 1.82) is 0 Å². The summed E-state index contributed by atoms with van der Waals surface area (Å²) in [5.74, 6) is 0.270. The molecule has 76 valence electrons. The molecule has 3 rings (SSSR count). The van der Waals surface area contributed by atoms with Crippen LogP contribution in [0.4, 0.5) is 0 Å². The molecule has 0 atom stereocenters. The fourth-order valence-corrected chi connectivity index (χ4v) is 2.55. The van der Waals surface area contributed by atoms with Gasteiger partial charge in [-0.05, 0) is 37.0 Å². The quantitative estimate of drug-likeness (QED) is 0.695. The van der Waals surface area contributed by atoms with Crippen LogP contribution in [0.15, 0.2) is 18.2 Å². The summed E-state index contributed by atoms with van der Waals surface area (Å²) in [6, 6.07) is 6.19. The van der Waals surface area contributed by atoms with Crippen LogP contribution in [-0.2, 0) is 6.42 Å².